The average Bonchev–Trinajstić information content (AvgIpc) is 2.87. The highest BCUT2D eigenvalue weighted by atomic mass is 19.4. The van der Waals surface area contributed by atoms with Gasteiger partial charge in [0.1, 0.15) is 17.6 Å². The fraction of sp³-hybridized carbons (Fsp3) is 0.333. The van der Waals surface area contributed by atoms with Crippen LogP contribution in [0.5, 0.6) is 0 Å². The van der Waals surface area contributed by atoms with Crippen molar-refractivity contribution in [3.8, 4) is 0 Å². The van der Waals surface area contributed by atoms with Gasteiger partial charge in [0.15, 0.2) is 6.10 Å². The van der Waals surface area contributed by atoms with Crippen molar-refractivity contribution in [3.05, 3.63) is 30.1 Å². The highest BCUT2D eigenvalue weighted by Gasteiger charge is 2.29. The SMILES string of the molecule is CC(OC(=O)c1cnn2ncccc12)C(=O)NCC(F)(F)F. The van der Waals surface area contributed by atoms with Crippen molar-refractivity contribution in [1.82, 2.24) is 20.1 Å². The second-order valence-electron chi connectivity index (χ2n) is 4.34. The third kappa shape index (κ3) is 3.71. The summed E-state index contributed by atoms with van der Waals surface area (Å²) in [5.41, 5.74) is 0.416. The topological polar surface area (TPSA) is 85.6 Å². The van der Waals surface area contributed by atoms with Crippen molar-refractivity contribution < 1.29 is 27.5 Å². The van der Waals surface area contributed by atoms with Crippen molar-refractivity contribution in [2.45, 2.75) is 19.2 Å². The van der Waals surface area contributed by atoms with Gasteiger partial charge in [-0.3, -0.25) is 4.79 Å². The van der Waals surface area contributed by atoms with Crippen LogP contribution < -0.4 is 5.32 Å². The van der Waals surface area contributed by atoms with E-state index in [1.165, 1.54) is 23.9 Å². The zero-order valence-corrected chi connectivity index (χ0v) is 11.3. The molecule has 118 valence electrons. The van der Waals surface area contributed by atoms with E-state index in [1.54, 1.807) is 17.4 Å². The molecule has 2 aromatic heterocycles. The van der Waals surface area contributed by atoms with Crippen LogP contribution in [0.3, 0.4) is 0 Å². The fourth-order valence-electron chi connectivity index (χ4n) is 1.60. The fourth-order valence-corrected chi connectivity index (χ4v) is 1.60. The van der Waals surface area contributed by atoms with Crippen LogP contribution in [-0.2, 0) is 9.53 Å². The van der Waals surface area contributed by atoms with Gasteiger partial charge in [-0.1, -0.05) is 0 Å². The lowest BCUT2D eigenvalue weighted by atomic mass is 10.2. The maximum absolute atomic E-state index is 12.0. The van der Waals surface area contributed by atoms with Gasteiger partial charge in [0.05, 0.1) is 6.20 Å². The van der Waals surface area contributed by atoms with E-state index < -0.39 is 30.7 Å². The summed E-state index contributed by atoms with van der Waals surface area (Å²) in [6.45, 7) is -0.318. The molecule has 2 rings (SSSR count). The quantitative estimate of drug-likeness (QED) is 0.849. The Bertz CT molecular complexity index is 698. The molecule has 0 aliphatic carbocycles. The normalized spacial score (nSPS) is 12.9. The number of hydrogen-bond donors (Lipinski definition) is 1. The van der Waals surface area contributed by atoms with Gasteiger partial charge in [0.25, 0.3) is 5.91 Å². The summed E-state index contributed by atoms with van der Waals surface area (Å²) in [5.74, 6) is -1.92. The van der Waals surface area contributed by atoms with Crippen LogP contribution in [-0.4, -0.2) is 45.5 Å². The van der Waals surface area contributed by atoms with E-state index >= 15 is 0 Å². The number of halogens is 3. The van der Waals surface area contributed by atoms with Crippen LogP contribution in [0.4, 0.5) is 13.2 Å². The number of ether oxygens (including phenoxy) is 1. The Morgan fingerprint density at radius 2 is 2.14 bits per heavy atom. The Labute approximate surface area is 122 Å². The molecule has 0 aliphatic rings. The Hall–Kier alpha value is -2.65. The van der Waals surface area contributed by atoms with Crippen molar-refractivity contribution in [3.63, 3.8) is 0 Å². The second-order valence-corrected chi connectivity index (χ2v) is 4.34. The Kier molecular flexibility index (Phi) is 4.29. The van der Waals surface area contributed by atoms with Crippen molar-refractivity contribution >= 4 is 17.4 Å². The average molecular weight is 316 g/mol. The van der Waals surface area contributed by atoms with Gasteiger partial charge in [-0.25, -0.2) is 4.79 Å². The Morgan fingerprint density at radius 1 is 1.41 bits per heavy atom. The third-order valence-corrected chi connectivity index (χ3v) is 2.64. The minimum Gasteiger partial charge on any atom is -0.449 e. The standard InChI is InChI=1S/C12H11F3N4O3/c1-7(10(20)16-6-12(13,14)15)22-11(21)8-5-18-19-9(8)3-2-4-17-19/h2-5,7H,6H2,1H3,(H,16,20). The van der Waals surface area contributed by atoms with Crippen LogP contribution in [0.1, 0.15) is 17.3 Å². The molecule has 0 spiro atoms. The monoisotopic (exact) mass is 316 g/mol. The summed E-state index contributed by atoms with van der Waals surface area (Å²) in [4.78, 5) is 23.4. The molecule has 1 unspecified atom stereocenters. The molecule has 1 N–H and O–H groups in total. The number of rotatable bonds is 4. The molecule has 2 aromatic rings. The summed E-state index contributed by atoms with van der Waals surface area (Å²) in [6, 6.07) is 3.14. The van der Waals surface area contributed by atoms with Gasteiger partial charge in [0, 0.05) is 6.20 Å². The van der Waals surface area contributed by atoms with Crippen LogP contribution in [0.2, 0.25) is 0 Å². The predicted molar refractivity (Wildman–Crippen MR) is 66.9 cm³/mol. The van der Waals surface area contributed by atoms with Crippen LogP contribution in [0.25, 0.3) is 5.52 Å². The molecule has 2 heterocycles. The number of fused-ring (bicyclic) bond motifs is 1. The molecule has 1 atom stereocenters. The Balaban J connectivity index is 2.01. The molecule has 0 saturated heterocycles. The maximum atomic E-state index is 12.0. The summed E-state index contributed by atoms with van der Waals surface area (Å²) in [6.07, 6.45) is -3.25. The molecular weight excluding hydrogens is 305 g/mol. The van der Waals surface area contributed by atoms with E-state index in [-0.39, 0.29) is 5.56 Å². The lowest BCUT2D eigenvalue weighted by molar-refractivity contribution is -0.143. The van der Waals surface area contributed by atoms with Gasteiger partial charge < -0.3 is 10.1 Å². The van der Waals surface area contributed by atoms with Crippen molar-refractivity contribution in [2.24, 2.45) is 0 Å². The van der Waals surface area contributed by atoms with E-state index in [9.17, 15) is 22.8 Å². The van der Waals surface area contributed by atoms with E-state index in [0.717, 1.165) is 0 Å². The molecule has 0 radical (unpaired) electrons. The number of amides is 1. The van der Waals surface area contributed by atoms with Crippen molar-refractivity contribution in [2.75, 3.05) is 6.54 Å². The lowest BCUT2D eigenvalue weighted by Gasteiger charge is -2.14. The highest BCUT2D eigenvalue weighted by Crippen LogP contribution is 2.13. The molecule has 0 aromatic carbocycles. The zero-order chi connectivity index (χ0) is 16.3. The lowest BCUT2D eigenvalue weighted by Crippen LogP contribution is -2.40. The number of carbonyl (C=O) groups excluding carboxylic acids is 2. The van der Waals surface area contributed by atoms with Gasteiger partial charge in [0.2, 0.25) is 0 Å². The highest BCUT2D eigenvalue weighted by molar-refractivity contribution is 5.98. The van der Waals surface area contributed by atoms with Crippen LogP contribution >= 0.6 is 0 Å². The molecule has 0 bridgehead atoms. The predicted octanol–water partition coefficient (Wildman–Crippen LogP) is 0.953. The molecule has 0 fully saturated rings. The van der Waals surface area contributed by atoms with Gasteiger partial charge in [-0.2, -0.15) is 28.0 Å². The summed E-state index contributed by atoms with van der Waals surface area (Å²) >= 11 is 0. The van der Waals surface area contributed by atoms with Gasteiger partial charge in [-0.15, -0.1) is 0 Å². The second kappa shape index (κ2) is 6.00. The molecule has 22 heavy (non-hydrogen) atoms. The van der Waals surface area contributed by atoms with Gasteiger partial charge in [-0.05, 0) is 19.1 Å². The Morgan fingerprint density at radius 3 is 2.82 bits per heavy atom. The largest absolute Gasteiger partial charge is 0.449 e. The van der Waals surface area contributed by atoms with E-state index in [1.807, 2.05) is 0 Å². The summed E-state index contributed by atoms with van der Waals surface area (Å²) in [7, 11) is 0. The van der Waals surface area contributed by atoms with Crippen molar-refractivity contribution in [1.29, 1.82) is 0 Å². The number of nitrogens with one attached hydrogen (secondary N) is 1. The summed E-state index contributed by atoms with van der Waals surface area (Å²) < 4.78 is 42.0. The molecule has 1 amide bonds. The van der Waals surface area contributed by atoms with Gasteiger partial charge >= 0.3 is 12.1 Å². The first-order valence-electron chi connectivity index (χ1n) is 6.12. The molecule has 0 aliphatic heterocycles. The van der Waals surface area contributed by atoms with E-state index in [4.69, 9.17) is 4.74 Å². The number of hydrogen-bond acceptors (Lipinski definition) is 5. The van der Waals surface area contributed by atoms with Crippen LogP contribution in [0.15, 0.2) is 24.5 Å². The first-order chi connectivity index (χ1) is 10.3. The molecule has 10 heteroatoms. The number of aromatic nitrogens is 3. The van der Waals surface area contributed by atoms with E-state index in [2.05, 4.69) is 10.2 Å². The number of carbonyl (C=O) groups is 2. The number of nitrogens with zero attached hydrogens (tertiary/aromatic N) is 3. The number of alkyl halides is 3. The first kappa shape index (κ1) is 15.7. The maximum Gasteiger partial charge on any atom is 0.405 e. The molecule has 7 nitrogen and oxygen atoms in total. The zero-order valence-electron chi connectivity index (χ0n) is 11.3. The first-order valence-corrected chi connectivity index (χ1v) is 6.12. The summed E-state index contributed by atoms with van der Waals surface area (Å²) in [5, 5.41) is 9.30. The third-order valence-electron chi connectivity index (χ3n) is 2.64. The molecule has 0 saturated carbocycles. The minimum atomic E-state index is -4.53. The minimum absolute atomic E-state index is 0.0589. The molecular formula is C12H11F3N4O3. The van der Waals surface area contributed by atoms with Crippen LogP contribution in [0, 0.1) is 0 Å². The smallest absolute Gasteiger partial charge is 0.405 e. The number of esters is 1. The van der Waals surface area contributed by atoms with E-state index in [0.29, 0.717) is 5.52 Å².